The summed E-state index contributed by atoms with van der Waals surface area (Å²) >= 11 is 0. The van der Waals surface area contributed by atoms with Gasteiger partial charge in [-0.15, -0.1) is 0 Å². The lowest BCUT2D eigenvalue weighted by Gasteiger charge is -2.20. The molecule has 88 valence electrons. The van der Waals surface area contributed by atoms with Crippen LogP contribution in [0.15, 0.2) is 24.3 Å². The highest BCUT2D eigenvalue weighted by molar-refractivity contribution is 5.68. The molecular formula is C12H18N2O2. The number of amides is 1. The highest BCUT2D eigenvalue weighted by Gasteiger charge is 2.13. The van der Waals surface area contributed by atoms with Gasteiger partial charge in [-0.2, -0.15) is 0 Å². The Kier molecular flexibility index (Phi) is 4.64. The fourth-order valence-corrected chi connectivity index (χ4v) is 1.40. The largest absolute Gasteiger partial charge is 0.450 e. The lowest BCUT2D eigenvalue weighted by molar-refractivity contribution is 0.107. The Balaban J connectivity index is 2.70. The highest BCUT2D eigenvalue weighted by atomic mass is 16.6. The second-order valence-electron chi connectivity index (χ2n) is 3.41. The van der Waals surface area contributed by atoms with E-state index in [0.717, 1.165) is 5.56 Å². The molecule has 0 aliphatic carbocycles. The molecule has 0 aromatic heterocycles. The maximum absolute atomic E-state index is 11.6. The summed E-state index contributed by atoms with van der Waals surface area (Å²) in [6.07, 6.45) is -0.298. The number of nitrogens with zero attached hydrogens (tertiary/aromatic N) is 1. The van der Waals surface area contributed by atoms with Crippen LogP contribution in [-0.4, -0.2) is 24.1 Å². The molecule has 1 amide bonds. The molecule has 1 aromatic carbocycles. The summed E-state index contributed by atoms with van der Waals surface area (Å²) in [6.45, 7) is 5.19. The molecule has 4 heteroatoms. The van der Waals surface area contributed by atoms with Gasteiger partial charge in [-0.05, 0) is 25.5 Å². The Bertz CT molecular complexity index is 353. The Morgan fingerprint density at radius 3 is 2.62 bits per heavy atom. The number of nitrogens with two attached hydrogens (primary N) is 1. The van der Waals surface area contributed by atoms with Gasteiger partial charge in [0.05, 0.1) is 13.2 Å². The van der Waals surface area contributed by atoms with E-state index < -0.39 is 0 Å². The Morgan fingerprint density at radius 2 is 2.06 bits per heavy atom. The van der Waals surface area contributed by atoms with Crippen molar-refractivity contribution in [1.82, 2.24) is 4.90 Å². The molecule has 0 fully saturated rings. The summed E-state index contributed by atoms with van der Waals surface area (Å²) in [5.74, 6) is 0. The zero-order chi connectivity index (χ0) is 12.0. The van der Waals surface area contributed by atoms with Crippen LogP contribution in [0.5, 0.6) is 0 Å². The molecule has 0 saturated heterocycles. The zero-order valence-corrected chi connectivity index (χ0v) is 9.77. The first kappa shape index (κ1) is 12.4. The number of carbonyl (C=O) groups is 1. The molecule has 0 saturated carbocycles. The minimum atomic E-state index is -0.298. The van der Waals surface area contributed by atoms with Gasteiger partial charge in [-0.1, -0.05) is 18.2 Å². The number of hydrogen-bond donors (Lipinski definition) is 1. The van der Waals surface area contributed by atoms with Crippen molar-refractivity contribution < 1.29 is 9.53 Å². The molecule has 0 aliphatic heterocycles. The van der Waals surface area contributed by atoms with E-state index in [9.17, 15) is 4.79 Å². The van der Waals surface area contributed by atoms with E-state index in [-0.39, 0.29) is 6.09 Å². The minimum Gasteiger partial charge on any atom is -0.450 e. The van der Waals surface area contributed by atoms with Crippen molar-refractivity contribution in [3.8, 4) is 0 Å². The quantitative estimate of drug-likeness (QED) is 0.795. The molecule has 0 aliphatic rings. The normalized spacial score (nSPS) is 9.88. The molecule has 1 aromatic rings. The molecule has 16 heavy (non-hydrogen) atoms. The van der Waals surface area contributed by atoms with Gasteiger partial charge in [0.15, 0.2) is 0 Å². The van der Waals surface area contributed by atoms with E-state index in [1.165, 1.54) is 0 Å². The third-order valence-corrected chi connectivity index (χ3v) is 2.32. The maximum Gasteiger partial charge on any atom is 0.410 e. The highest BCUT2D eigenvalue weighted by Crippen LogP contribution is 2.13. The van der Waals surface area contributed by atoms with Crippen LogP contribution in [0.3, 0.4) is 0 Å². The minimum absolute atomic E-state index is 0.298. The molecule has 0 spiro atoms. The number of ether oxygens (including phenoxy) is 1. The second kappa shape index (κ2) is 6.00. The van der Waals surface area contributed by atoms with Gasteiger partial charge < -0.3 is 15.4 Å². The standard InChI is InChI=1S/C12H18N2O2/c1-3-14(12(15)16-4-2)9-10-7-5-6-8-11(10)13/h5-8H,3-4,9,13H2,1-2H3. The smallest absolute Gasteiger partial charge is 0.410 e. The van der Waals surface area contributed by atoms with E-state index in [2.05, 4.69) is 0 Å². The van der Waals surface area contributed by atoms with E-state index >= 15 is 0 Å². The first-order chi connectivity index (χ1) is 7.69. The first-order valence-electron chi connectivity index (χ1n) is 5.44. The molecule has 0 bridgehead atoms. The van der Waals surface area contributed by atoms with Gasteiger partial charge in [-0.25, -0.2) is 4.79 Å². The average molecular weight is 222 g/mol. The van der Waals surface area contributed by atoms with E-state index in [1.807, 2.05) is 31.2 Å². The van der Waals surface area contributed by atoms with Crippen molar-refractivity contribution >= 4 is 11.8 Å². The molecule has 1 rings (SSSR count). The number of hydrogen-bond acceptors (Lipinski definition) is 3. The van der Waals surface area contributed by atoms with Crippen LogP contribution in [0.4, 0.5) is 10.5 Å². The van der Waals surface area contributed by atoms with Gasteiger partial charge in [0.25, 0.3) is 0 Å². The van der Waals surface area contributed by atoms with Crippen molar-refractivity contribution in [2.75, 3.05) is 18.9 Å². The van der Waals surface area contributed by atoms with Crippen molar-refractivity contribution in [2.24, 2.45) is 0 Å². The van der Waals surface area contributed by atoms with Gasteiger partial charge >= 0.3 is 6.09 Å². The maximum atomic E-state index is 11.6. The van der Waals surface area contributed by atoms with Gasteiger partial charge in [0.1, 0.15) is 0 Å². The van der Waals surface area contributed by atoms with Gasteiger partial charge in [0, 0.05) is 12.2 Å². The molecule has 0 atom stereocenters. The van der Waals surface area contributed by atoms with E-state index in [4.69, 9.17) is 10.5 Å². The second-order valence-corrected chi connectivity index (χ2v) is 3.41. The molecule has 0 unspecified atom stereocenters. The summed E-state index contributed by atoms with van der Waals surface area (Å²) in [5.41, 5.74) is 7.46. The van der Waals surface area contributed by atoms with Gasteiger partial charge in [-0.3, -0.25) is 0 Å². The number of benzene rings is 1. The van der Waals surface area contributed by atoms with Crippen LogP contribution in [-0.2, 0) is 11.3 Å². The lowest BCUT2D eigenvalue weighted by atomic mass is 10.2. The van der Waals surface area contributed by atoms with Crippen LogP contribution in [0.25, 0.3) is 0 Å². The predicted molar refractivity (Wildman–Crippen MR) is 64.0 cm³/mol. The van der Waals surface area contributed by atoms with Crippen LogP contribution >= 0.6 is 0 Å². The number of rotatable bonds is 4. The van der Waals surface area contributed by atoms with Gasteiger partial charge in [0.2, 0.25) is 0 Å². The van der Waals surface area contributed by atoms with E-state index in [1.54, 1.807) is 11.8 Å². The Morgan fingerprint density at radius 1 is 1.38 bits per heavy atom. The molecule has 0 radical (unpaired) electrons. The number of carbonyl (C=O) groups excluding carboxylic acids is 1. The fraction of sp³-hybridized carbons (Fsp3) is 0.417. The average Bonchev–Trinajstić information content (AvgIpc) is 2.28. The van der Waals surface area contributed by atoms with Crippen LogP contribution < -0.4 is 5.73 Å². The predicted octanol–water partition coefficient (Wildman–Crippen LogP) is 2.25. The zero-order valence-electron chi connectivity index (χ0n) is 9.77. The van der Waals surface area contributed by atoms with Crippen molar-refractivity contribution in [3.63, 3.8) is 0 Å². The monoisotopic (exact) mass is 222 g/mol. The first-order valence-corrected chi connectivity index (χ1v) is 5.44. The summed E-state index contributed by atoms with van der Waals surface area (Å²) in [6, 6.07) is 7.52. The third-order valence-electron chi connectivity index (χ3n) is 2.32. The SMILES string of the molecule is CCOC(=O)N(CC)Cc1ccccc1N. The lowest BCUT2D eigenvalue weighted by Crippen LogP contribution is -2.31. The summed E-state index contributed by atoms with van der Waals surface area (Å²) in [4.78, 5) is 13.2. The molecule has 0 heterocycles. The summed E-state index contributed by atoms with van der Waals surface area (Å²) < 4.78 is 4.95. The number of nitrogen functional groups attached to an aromatic ring is 1. The topological polar surface area (TPSA) is 55.6 Å². The Hall–Kier alpha value is -1.71. The van der Waals surface area contributed by atoms with Crippen molar-refractivity contribution in [2.45, 2.75) is 20.4 Å². The molecule has 4 nitrogen and oxygen atoms in total. The Labute approximate surface area is 96.0 Å². The van der Waals surface area contributed by atoms with Crippen molar-refractivity contribution in [1.29, 1.82) is 0 Å². The van der Waals surface area contributed by atoms with Crippen LogP contribution in [0.1, 0.15) is 19.4 Å². The van der Waals surface area contributed by atoms with Crippen LogP contribution in [0, 0.1) is 0 Å². The molecule has 2 N–H and O–H groups in total. The van der Waals surface area contributed by atoms with Crippen LogP contribution in [0.2, 0.25) is 0 Å². The summed E-state index contributed by atoms with van der Waals surface area (Å²) in [5, 5.41) is 0. The molecular weight excluding hydrogens is 204 g/mol. The third kappa shape index (κ3) is 3.15. The summed E-state index contributed by atoms with van der Waals surface area (Å²) in [7, 11) is 0. The van der Waals surface area contributed by atoms with E-state index in [0.29, 0.717) is 25.4 Å². The van der Waals surface area contributed by atoms with Crippen molar-refractivity contribution in [3.05, 3.63) is 29.8 Å². The number of para-hydroxylation sites is 1. The fourth-order valence-electron chi connectivity index (χ4n) is 1.40. The number of anilines is 1.